The highest BCUT2D eigenvalue weighted by molar-refractivity contribution is 5.68. The van der Waals surface area contributed by atoms with Crippen molar-refractivity contribution in [3.63, 3.8) is 0 Å². The number of benzene rings is 1. The van der Waals surface area contributed by atoms with Gasteiger partial charge in [-0.2, -0.15) is 0 Å². The van der Waals surface area contributed by atoms with Gasteiger partial charge in [0.1, 0.15) is 11.6 Å². The van der Waals surface area contributed by atoms with Crippen molar-refractivity contribution < 1.29 is 19.0 Å². The van der Waals surface area contributed by atoms with Crippen LogP contribution in [-0.4, -0.2) is 24.7 Å². The maximum Gasteiger partial charge on any atom is 0.304 e. The van der Waals surface area contributed by atoms with Gasteiger partial charge in [-0.1, -0.05) is 6.07 Å². The van der Waals surface area contributed by atoms with Crippen LogP contribution in [0.5, 0.6) is 5.75 Å². The van der Waals surface area contributed by atoms with Crippen LogP contribution >= 0.6 is 0 Å². The molecule has 0 aliphatic rings. The van der Waals surface area contributed by atoms with Crippen molar-refractivity contribution in [3.05, 3.63) is 29.6 Å². The van der Waals surface area contributed by atoms with Gasteiger partial charge in [0.05, 0.1) is 13.5 Å². The fraction of sp³-hybridized carbons (Fsp3) is 0.364. The molecule has 1 aromatic carbocycles. The van der Waals surface area contributed by atoms with Gasteiger partial charge in [-0.25, -0.2) is 4.39 Å². The molecule has 0 spiro atoms. The Balaban J connectivity index is 3.03. The molecule has 0 bridgehead atoms. The monoisotopic (exact) mass is 227 g/mol. The predicted molar refractivity (Wildman–Crippen MR) is 57.0 cm³/mol. The van der Waals surface area contributed by atoms with Gasteiger partial charge in [0.25, 0.3) is 0 Å². The predicted octanol–water partition coefficient (Wildman–Crippen LogP) is 1.35. The first kappa shape index (κ1) is 12.4. The minimum atomic E-state index is -0.943. The van der Waals surface area contributed by atoms with Crippen LogP contribution in [0.1, 0.15) is 17.9 Å². The van der Waals surface area contributed by atoms with Gasteiger partial charge in [0, 0.05) is 12.0 Å². The van der Waals surface area contributed by atoms with Crippen LogP contribution in [0.4, 0.5) is 4.39 Å². The number of rotatable bonds is 5. The van der Waals surface area contributed by atoms with Crippen molar-refractivity contribution >= 4 is 5.97 Å². The van der Waals surface area contributed by atoms with Crippen molar-refractivity contribution in [1.29, 1.82) is 0 Å². The topological polar surface area (TPSA) is 72.5 Å². The summed E-state index contributed by atoms with van der Waals surface area (Å²) < 4.78 is 17.9. The van der Waals surface area contributed by atoms with Gasteiger partial charge in [-0.15, -0.1) is 0 Å². The summed E-state index contributed by atoms with van der Waals surface area (Å²) >= 11 is 0. The number of nitrogens with two attached hydrogens (primary N) is 1. The SMILES string of the molecule is COc1cc(F)ccc1C(CN)CC(=O)O. The maximum atomic E-state index is 12.9. The molecule has 0 aromatic heterocycles. The van der Waals surface area contributed by atoms with Crippen LogP contribution < -0.4 is 10.5 Å². The first-order chi connectivity index (χ1) is 7.58. The van der Waals surface area contributed by atoms with Crippen LogP contribution in [0.25, 0.3) is 0 Å². The Labute approximate surface area is 92.8 Å². The summed E-state index contributed by atoms with van der Waals surface area (Å²) in [4.78, 5) is 10.6. The normalized spacial score (nSPS) is 12.2. The van der Waals surface area contributed by atoms with Crippen LogP contribution in [-0.2, 0) is 4.79 Å². The van der Waals surface area contributed by atoms with E-state index in [1.165, 1.54) is 25.3 Å². The number of carbonyl (C=O) groups is 1. The molecule has 0 aliphatic heterocycles. The lowest BCUT2D eigenvalue weighted by atomic mass is 9.95. The first-order valence-electron chi connectivity index (χ1n) is 4.83. The molecule has 1 aromatic rings. The highest BCUT2D eigenvalue weighted by Gasteiger charge is 2.18. The van der Waals surface area contributed by atoms with Crippen molar-refractivity contribution in [2.75, 3.05) is 13.7 Å². The van der Waals surface area contributed by atoms with Crippen LogP contribution in [0, 0.1) is 5.82 Å². The lowest BCUT2D eigenvalue weighted by Gasteiger charge is -2.16. The van der Waals surface area contributed by atoms with Crippen molar-refractivity contribution in [1.82, 2.24) is 0 Å². The van der Waals surface area contributed by atoms with E-state index in [4.69, 9.17) is 15.6 Å². The number of ether oxygens (including phenoxy) is 1. The average molecular weight is 227 g/mol. The smallest absolute Gasteiger partial charge is 0.304 e. The number of hydrogen-bond acceptors (Lipinski definition) is 3. The van der Waals surface area contributed by atoms with E-state index in [2.05, 4.69) is 0 Å². The second-order valence-electron chi connectivity index (χ2n) is 3.42. The average Bonchev–Trinajstić information content (AvgIpc) is 2.25. The van der Waals surface area contributed by atoms with Gasteiger partial charge in [0.2, 0.25) is 0 Å². The van der Waals surface area contributed by atoms with E-state index >= 15 is 0 Å². The third-order valence-corrected chi connectivity index (χ3v) is 2.34. The Hall–Kier alpha value is -1.62. The standard InChI is InChI=1S/C11H14FNO3/c1-16-10-5-8(12)2-3-9(10)7(6-13)4-11(14)15/h2-3,5,7H,4,6,13H2,1H3,(H,14,15). The first-order valence-corrected chi connectivity index (χ1v) is 4.83. The fourth-order valence-corrected chi connectivity index (χ4v) is 1.55. The number of aliphatic carboxylic acids is 1. The third-order valence-electron chi connectivity index (χ3n) is 2.34. The van der Waals surface area contributed by atoms with Crippen molar-refractivity contribution in [2.24, 2.45) is 5.73 Å². The highest BCUT2D eigenvalue weighted by atomic mass is 19.1. The Bertz CT molecular complexity index is 381. The quantitative estimate of drug-likeness (QED) is 0.796. The van der Waals surface area contributed by atoms with Gasteiger partial charge < -0.3 is 15.6 Å². The molecule has 3 N–H and O–H groups in total. The number of carboxylic acids is 1. The molecule has 0 saturated heterocycles. The van der Waals surface area contributed by atoms with Crippen molar-refractivity contribution in [3.8, 4) is 5.75 Å². The zero-order chi connectivity index (χ0) is 12.1. The molecule has 0 amide bonds. The molecule has 1 unspecified atom stereocenters. The summed E-state index contributed by atoms with van der Waals surface area (Å²) in [6.45, 7) is 0.175. The second-order valence-corrected chi connectivity index (χ2v) is 3.42. The highest BCUT2D eigenvalue weighted by Crippen LogP contribution is 2.29. The number of halogens is 1. The molecule has 1 atom stereocenters. The molecule has 0 heterocycles. The van der Waals surface area contributed by atoms with E-state index < -0.39 is 11.8 Å². The molecule has 16 heavy (non-hydrogen) atoms. The summed E-state index contributed by atoms with van der Waals surface area (Å²) in [5.41, 5.74) is 6.12. The summed E-state index contributed by atoms with van der Waals surface area (Å²) in [5.74, 6) is -1.40. The second kappa shape index (κ2) is 5.46. The molecular weight excluding hydrogens is 213 g/mol. The fourth-order valence-electron chi connectivity index (χ4n) is 1.55. The minimum Gasteiger partial charge on any atom is -0.496 e. The van der Waals surface area contributed by atoms with E-state index in [0.717, 1.165) is 0 Å². The minimum absolute atomic E-state index is 0.0987. The number of carboxylic acid groups (broad SMARTS) is 1. The summed E-state index contributed by atoms with van der Waals surface area (Å²) in [6, 6.07) is 4.00. The molecule has 4 nitrogen and oxygen atoms in total. The zero-order valence-corrected chi connectivity index (χ0v) is 8.94. The Morgan fingerprint density at radius 2 is 2.31 bits per heavy atom. The maximum absolute atomic E-state index is 12.9. The molecule has 0 radical (unpaired) electrons. The van der Waals surface area contributed by atoms with E-state index in [9.17, 15) is 9.18 Å². The summed E-state index contributed by atoms with van der Waals surface area (Å²) in [6.07, 6.45) is -0.0987. The Morgan fingerprint density at radius 3 is 2.81 bits per heavy atom. The lowest BCUT2D eigenvalue weighted by molar-refractivity contribution is -0.137. The van der Waals surface area contributed by atoms with Gasteiger partial charge in [-0.3, -0.25) is 4.79 Å². The lowest BCUT2D eigenvalue weighted by Crippen LogP contribution is -2.17. The zero-order valence-electron chi connectivity index (χ0n) is 8.94. The number of hydrogen-bond donors (Lipinski definition) is 2. The summed E-state index contributed by atoms with van der Waals surface area (Å²) in [7, 11) is 1.41. The molecular formula is C11H14FNO3. The largest absolute Gasteiger partial charge is 0.496 e. The van der Waals surface area contributed by atoms with E-state index in [0.29, 0.717) is 11.3 Å². The molecule has 0 saturated carbocycles. The number of methoxy groups -OCH3 is 1. The van der Waals surface area contributed by atoms with Gasteiger partial charge in [-0.05, 0) is 18.2 Å². The third kappa shape index (κ3) is 2.93. The van der Waals surface area contributed by atoms with Gasteiger partial charge in [0.15, 0.2) is 0 Å². The van der Waals surface area contributed by atoms with Crippen LogP contribution in [0.2, 0.25) is 0 Å². The molecule has 88 valence electrons. The van der Waals surface area contributed by atoms with Crippen LogP contribution in [0.3, 0.4) is 0 Å². The van der Waals surface area contributed by atoms with Crippen molar-refractivity contribution in [2.45, 2.75) is 12.3 Å². The van der Waals surface area contributed by atoms with Crippen LogP contribution in [0.15, 0.2) is 18.2 Å². The molecule has 1 rings (SSSR count). The Kier molecular flexibility index (Phi) is 4.25. The van der Waals surface area contributed by atoms with Gasteiger partial charge >= 0.3 is 5.97 Å². The molecule has 0 aliphatic carbocycles. The molecule has 0 fully saturated rings. The van der Waals surface area contributed by atoms with E-state index in [-0.39, 0.29) is 18.9 Å². The van der Waals surface area contributed by atoms with E-state index in [1.807, 2.05) is 0 Å². The molecule has 5 heteroatoms. The summed E-state index contributed by atoms with van der Waals surface area (Å²) in [5, 5.41) is 8.72. The van der Waals surface area contributed by atoms with E-state index in [1.54, 1.807) is 0 Å². The Morgan fingerprint density at radius 1 is 1.62 bits per heavy atom.